The van der Waals surface area contributed by atoms with Crippen molar-refractivity contribution in [2.75, 3.05) is 0 Å². The molecule has 0 atom stereocenters. The third kappa shape index (κ3) is 5.50. The number of carbonyl (C=O) groups is 1. The van der Waals surface area contributed by atoms with E-state index >= 15 is 0 Å². The summed E-state index contributed by atoms with van der Waals surface area (Å²) in [6.07, 6.45) is 6.22. The summed E-state index contributed by atoms with van der Waals surface area (Å²) in [4.78, 5) is 11.5. The van der Waals surface area contributed by atoms with Gasteiger partial charge in [0.05, 0.1) is 0 Å². The Labute approximate surface area is 98.2 Å². The van der Waals surface area contributed by atoms with Crippen LogP contribution in [-0.4, -0.2) is 5.78 Å². The summed E-state index contributed by atoms with van der Waals surface area (Å²) in [6, 6.07) is 10.1. The van der Waals surface area contributed by atoms with Gasteiger partial charge in [0, 0.05) is 12.8 Å². The van der Waals surface area contributed by atoms with Crippen LogP contribution in [0, 0.1) is 5.92 Å². The summed E-state index contributed by atoms with van der Waals surface area (Å²) >= 11 is 0. The highest BCUT2D eigenvalue weighted by molar-refractivity contribution is 5.80. The van der Waals surface area contributed by atoms with E-state index in [0.717, 1.165) is 12.0 Å². The molecule has 0 fully saturated rings. The van der Waals surface area contributed by atoms with Crippen LogP contribution in [0.3, 0.4) is 0 Å². The first kappa shape index (κ1) is 12.7. The molecule has 0 saturated heterocycles. The molecule has 1 rings (SSSR count). The lowest BCUT2D eigenvalue weighted by molar-refractivity contribution is -0.118. The molecule has 0 spiro atoms. The summed E-state index contributed by atoms with van der Waals surface area (Å²) < 4.78 is 0. The number of ketones is 1. The number of benzene rings is 1. The largest absolute Gasteiger partial charge is 0.299 e. The van der Waals surface area contributed by atoms with Crippen LogP contribution in [0.4, 0.5) is 0 Å². The van der Waals surface area contributed by atoms with Crippen LogP contribution in [0.25, 0.3) is 6.08 Å². The fourth-order valence-electron chi connectivity index (χ4n) is 1.44. The lowest BCUT2D eigenvalue weighted by Crippen LogP contribution is -1.98. The first-order valence-electron chi connectivity index (χ1n) is 5.92. The number of carbonyl (C=O) groups excluding carboxylic acids is 1. The van der Waals surface area contributed by atoms with Crippen molar-refractivity contribution in [2.24, 2.45) is 5.92 Å². The highest BCUT2D eigenvalue weighted by Gasteiger charge is 2.01. The van der Waals surface area contributed by atoms with E-state index in [4.69, 9.17) is 0 Å². The zero-order chi connectivity index (χ0) is 11.8. The molecule has 0 aliphatic carbocycles. The standard InChI is InChI=1S/C15H20O/c1-13(2)11-12-15(16)10-6-9-14-7-4-3-5-8-14/h3-9,13H,10-12H2,1-2H3/b9-6+. The van der Waals surface area contributed by atoms with E-state index < -0.39 is 0 Å². The Balaban J connectivity index is 2.29. The Morgan fingerprint density at radius 2 is 1.94 bits per heavy atom. The van der Waals surface area contributed by atoms with Crippen molar-refractivity contribution in [2.45, 2.75) is 33.1 Å². The maximum absolute atomic E-state index is 11.5. The van der Waals surface area contributed by atoms with E-state index in [1.54, 1.807) is 0 Å². The zero-order valence-corrected chi connectivity index (χ0v) is 10.1. The van der Waals surface area contributed by atoms with Crippen LogP contribution in [-0.2, 0) is 4.79 Å². The number of hydrogen-bond donors (Lipinski definition) is 0. The highest BCUT2D eigenvalue weighted by atomic mass is 16.1. The van der Waals surface area contributed by atoms with Gasteiger partial charge in [-0.3, -0.25) is 4.79 Å². The summed E-state index contributed by atoms with van der Waals surface area (Å²) in [5, 5.41) is 0. The van der Waals surface area contributed by atoms with Gasteiger partial charge in [0.25, 0.3) is 0 Å². The monoisotopic (exact) mass is 216 g/mol. The normalized spacial score (nSPS) is 11.2. The van der Waals surface area contributed by atoms with Crippen molar-refractivity contribution < 1.29 is 4.79 Å². The van der Waals surface area contributed by atoms with Gasteiger partial charge in [0.1, 0.15) is 5.78 Å². The number of Topliss-reactive ketones (excluding diaryl/α,β-unsaturated/α-hetero) is 1. The van der Waals surface area contributed by atoms with Crippen LogP contribution >= 0.6 is 0 Å². The number of allylic oxidation sites excluding steroid dienone is 1. The minimum atomic E-state index is 0.334. The second kappa shape index (κ2) is 7.00. The lowest BCUT2D eigenvalue weighted by Gasteiger charge is -2.01. The smallest absolute Gasteiger partial charge is 0.136 e. The van der Waals surface area contributed by atoms with E-state index in [2.05, 4.69) is 13.8 Å². The van der Waals surface area contributed by atoms with E-state index in [1.807, 2.05) is 42.5 Å². The van der Waals surface area contributed by atoms with Crippen LogP contribution in [0.1, 0.15) is 38.7 Å². The van der Waals surface area contributed by atoms with Gasteiger partial charge in [-0.2, -0.15) is 0 Å². The Morgan fingerprint density at radius 1 is 1.25 bits per heavy atom. The predicted octanol–water partition coefficient (Wildman–Crippen LogP) is 4.10. The average molecular weight is 216 g/mol. The number of hydrogen-bond acceptors (Lipinski definition) is 1. The summed E-state index contributed by atoms with van der Waals surface area (Å²) in [5.74, 6) is 0.947. The van der Waals surface area contributed by atoms with E-state index in [9.17, 15) is 4.79 Å². The fraction of sp³-hybridized carbons (Fsp3) is 0.400. The quantitative estimate of drug-likeness (QED) is 0.699. The second-order valence-corrected chi connectivity index (χ2v) is 4.49. The van der Waals surface area contributed by atoms with E-state index in [1.165, 1.54) is 0 Å². The Kier molecular flexibility index (Phi) is 5.55. The molecular formula is C15H20O. The van der Waals surface area contributed by atoms with Crippen molar-refractivity contribution in [1.29, 1.82) is 0 Å². The lowest BCUT2D eigenvalue weighted by atomic mass is 10.0. The van der Waals surface area contributed by atoms with Gasteiger partial charge >= 0.3 is 0 Å². The minimum Gasteiger partial charge on any atom is -0.299 e. The van der Waals surface area contributed by atoms with Gasteiger partial charge in [-0.25, -0.2) is 0 Å². The van der Waals surface area contributed by atoms with Crippen molar-refractivity contribution in [3.8, 4) is 0 Å². The van der Waals surface area contributed by atoms with E-state index in [0.29, 0.717) is 24.5 Å². The molecule has 0 aliphatic heterocycles. The molecule has 0 bridgehead atoms. The summed E-state index contributed by atoms with van der Waals surface area (Å²) in [6.45, 7) is 4.29. The molecule has 0 aromatic heterocycles. The Morgan fingerprint density at radius 3 is 2.56 bits per heavy atom. The maximum Gasteiger partial charge on any atom is 0.136 e. The molecule has 0 N–H and O–H groups in total. The second-order valence-electron chi connectivity index (χ2n) is 4.49. The highest BCUT2D eigenvalue weighted by Crippen LogP contribution is 2.07. The Bertz CT molecular complexity index is 336. The van der Waals surface area contributed by atoms with E-state index in [-0.39, 0.29) is 0 Å². The molecule has 1 heteroatoms. The maximum atomic E-state index is 11.5. The third-order valence-corrected chi connectivity index (χ3v) is 2.46. The van der Waals surface area contributed by atoms with Gasteiger partial charge in [-0.15, -0.1) is 0 Å². The molecule has 0 aliphatic rings. The van der Waals surface area contributed by atoms with Gasteiger partial charge in [0.15, 0.2) is 0 Å². The van der Waals surface area contributed by atoms with Crippen molar-refractivity contribution in [3.05, 3.63) is 42.0 Å². The van der Waals surface area contributed by atoms with Crippen LogP contribution in [0.15, 0.2) is 36.4 Å². The Hall–Kier alpha value is -1.37. The summed E-state index contributed by atoms with van der Waals surface area (Å²) in [7, 11) is 0. The molecule has 1 aromatic carbocycles. The van der Waals surface area contributed by atoms with Gasteiger partial charge < -0.3 is 0 Å². The van der Waals surface area contributed by atoms with Gasteiger partial charge in [-0.05, 0) is 17.9 Å². The molecule has 0 saturated carbocycles. The van der Waals surface area contributed by atoms with Gasteiger partial charge in [0.2, 0.25) is 0 Å². The first-order chi connectivity index (χ1) is 7.68. The third-order valence-electron chi connectivity index (χ3n) is 2.46. The molecule has 1 nitrogen and oxygen atoms in total. The fourth-order valence-corrected chi connectivity index (χ4v) is 1.44. The summed E-state index contributed by atoms with van der Waals surface area (Å²) in [5.41, 5.74) is 1.15. The van der Waals surface area contributed by atoms with Crippen LogP contribution < -0.4 is 0 Å². The SMILES string of the molecule is CC(C)CCC(=O)C/C=C/c1ccccc1. The van der Waals surface area contributed by atoms with Crippen LogP contribution in [0.2, 0.25) is 0 Å². The molecule has 0 amide bonds. The molecule has 0 radical (unpaired) electrons. The predicted molar refractivity (Wildman–Crippen MR) is 69.2 cm³/mol. The molecule has 0 unspecified atom stereocenters. The molecule has 86 valence electrons. The molecule has 16 heavy (non-hydrogen) atoms. The topological polar surface area (TPSA) is 17.1 Å². The van der Waals surface area contributed by atoms with Crippen LogP contribution in [0.5, 0.6) is 0 Å². The first-order valence-corrected chi connectivity index (χ1v) is 5.92. The average Bonchev–Trinajstić information content (AvgIpc) is 2.28. The number of rotatable bonds is 6. The molecule has 0 heterocycles. The minimum absolute atomic E-state index is 0.334. The molecular weight excluding hydrogens is 196 g/mol. The van der Waals surface area contributed by atoms with Crippen molar-refractivity contribution >= 4 is 11.9 Å². The van der Waals surface area contributed by atoms with Gasteiger partial charge in [-0.1, -0.05) is 56.3 Å². The van der Waals surface area contributed by atoms with Crippen molar-refractivity contribution in [1.82, 2.24) is 0 Å². The zero-order valence-electron chi connectivity index (χ0n) is 10.1. The van der Waals surface area contributed by atoms with Crippen molar-refractivity contribution in [3.63, 3.8) is 0 Å². The molecule has 1 aromatic rings.